The second kappa shape index (κ2) is 4.10. The van der Waals surface area contributed by atoms with Gasteiger partial charge in [0.1, 0.15) is 0 Å². The summed E-state index contributed by atoms with van der Waals surface area (Å²) in [5.41, 5.74) is 1.36. The molecular formula is C14H20N2. The highest BCUT2D eigenvalue weighted by Crippen LogP contribution is 2.32. The maximum Gasteiger partial charge on any atom is 0.0442 e. The van der Waals surface area contributed by atoms with Crippen LogP contribution < -0.4 is 4.90 Å². The lowest BCUT2D eigenvalue weighted by Gasteiger charge is -2.48. The third-order valence-corrected chi connectivity index (χ3v) is 4.28. The Hall–Kier alpha value is -1.02. The Morgan fingerprint density at radius 1 is 1.12 bits per heavy atom. The predicted molar refractivity (Wildman–Crippen MR) is 67.8 cm³/mol. The lowest BCUT2D eigenvalue weighted by atomic mass is 9.83. The highest BCUT2D eigenvalue weighted by molar-refractivity contribution is 5.46. The van der Waals surface area contributed by atoms with Crippen molar-refractivity contribution >= 4 is 5.69 Å². The van der Waals surface area contributed by atoms with E-state index in [0.717, 1.165) is 12.0 Å². The first-order chi connectivity index (χ1) is 7.84. The zero-order valence-corrected chi connectivity index (χ0v) is 9.97. The summed E-state index contributed by atoms with van der Waals surface area (Å²) in [6, 6.07) is 11.5. The Morgan fingerprint density at radius 3 is 2.38 bits per heavy atom. The minimum atomic E-state index is 0.727. The van der Waals surface area contributed by atoms with Crippen LogP contribution in [0.5, 0.6) is 0 Å². The smallest absolute Gasteiger partial charge is 0.0442 e. The van der Waals surface area contributed by atoms with Crippen molar-refractivity contribution in [2.45, 2.75) is 18.9 Å². The predicted octanol–water partition coefficient (Wildman–Crippen LogP) is 2.22. The molecule has 0 spiro atoms. The Morgan fingerprint density at radius 2 is 1.81 bits per heavy atom. The zero-order chi connectivity index (χ0) is 11.0. The molecule has 2 bridgehead atoms. The molecule has 3 fully saturated rings. The van der Waals surface area contributed by atoms with Gasteiger partial charge in [0.25, 0.3) is 0 Å². The number of hydrogen-bond donors (Lipinski definition) is 0. The molecular weight excluding hydrogens is 196 g/mol. The normalized spacial score (nSPS) is 32.7. The van der Waals surface area contributed by atoms with Gasteiger partial charge in [-0.3, -0.25) is 0 Å². The number of fused-ring (bicyclic) bond motifs is 3. The number of hydrogen-bond acceptors (Lipinski definition) is 2. The summed E-state index contributed by atoms with van der Waals surface area (Å²) in [6.07, 6.45) is 2.78. The molecule has 3 heterocycles. The number of nitrogens with zero attached hydrogens (tertiary/aromatic N) is 2. The summed E-state index contributed by atoms with van der Waals surface area (Å²) < 4.78 is 0. The van der Waals surface area contributed by atoms with E-state index in [1.165, 1.54) is 38.2 Å². The highest BCUT2D eigenvalue weighted by Gasteiger charge is 2.36. The minimum Gasteiger partial charge on any atom is -0.370 e. The maximum absolute atomic E-state index is 2.62. The first kappa shape index (κ1) is 10.2. The van der Waals surface area contributed by atoms with Crippen molar-refractivity contribution in [2.24, 2.45) is 5.92 Å². The second-order valence-corrected chi connectivity index (χ2v) is 5.15. The molecule has 3 aliphatic rings. The largest absolute Gasteiger partial charge is 0.370 e. The summed E-state index contributed by atoms with van der Waals surface area (Å²) >= 11 is 0. The Balaban J connectivity index is 1.78. The van der Waals surface area contributed by atoms with Gasteiger partial charge in [-0.1, -0.05) is 18.2 Å². The lowest BCUT2D eigenvalue weighted by Crippen LogP contribution is -2.56. The summed E-state index contributed by atoms with van der Waals surface area (Å²) in [4.78, 5) is 5.10. The van der Waals surface area contributed by atoms with E-state index in [0.29, 0.717) is 0 Å². The van der Waals surface area contributed by atoms with Crippen LogP contribution in [-0.4, -0.2) is 37.6 Å². The van der Waals surface area contributed by atoms with Crippen LogP contribution in [0.25, 0.3) is 0 Å². The van der Waals surface area contributed by atoms with Crippen LogP contribution >= 0.6 is 0 Å². The van der Waals surface area contributed by atoms with E-state index in [9.17, 15) is 0 Å². The number of piperidine rings is 3. The van der Waals surface area contributed by atoms with Crippen molar-refractivity contribution in [1.82, 2.24) is 4.90 Å². The van der Waals surface area contributed by atoms with E-state index in [-0.39, 0.29) is 0 Å². The molecule has 1 aromatic rings. The Labute approximate surface area is 97.9 Å². The number of benzene rings is 1. The van der Waals surface area contributed by atoms with Crippen molar-refractivity contribution in [2.75, 3.05) is 31.6 Å². The van der Waals surface area contributed by atoms with Crippen LogP contribution in [0.2, 0.25) is 0 Å². The maximum atomic E-state index is 2.62. The molecule has 0 unspecified atom stereocenters. The van der Waals surface area contributed by atoms with Gasteiger partial charge >= 0.3 is 0 Å². The third-order valence-electron chi connectivity index (χ3n) is 4.28. The van der Waals surface area contributed by atoms with Gasteiger partial charge in [-0.15, -0.1) is 0 Å². The summed E-state index contributed by atoms with van der Waals surface area (Å²) in [7, 11) is 2.25. The van der Waals surface area contributed by atoms with Crippen molar-refractivity contribution in [3.8, 4) is 0 Å². The zero-order valence-electron chi connectivity index (χ0n) is 9.97. The molecule has 2 nitrogen and oxygen atoms in total. The molecule has 1 atom stereocenters. The van der Waals surface area contributed by atoms with E-state index in [1.807, 2.05) is 0 Å². The molecule has 4 rings (SSSR count). The van der Waals surface area contributed by atoms with E-state index in [2.05, 4.69) is 47.2 Å². The SMILES string of the molecule is CN(c1ccccc1)[C@@H]1CN2CCC1CC2. The van der Waals surface area contributed by atoms with Crippen LogP contribution in [0, 0.1) is 5.92 Å². The van der Waals surface area contributed by atoms with Crippen molar-refractivity contribution in [3.63, 3.8) is 0 Å². The van der Waals surface area contributed by atoms with Crippen molar-refractivity contribution in [3.05, 3.63) is 30.3 Å². The molecule has 3 aliphatic heterocycles. The molecule has 16 heavy (non-hydrogen) atoms. The fourth-order valence-electron chi connectivity index (χ4n) is 3.23. The molecule has 0 aromatic heterocycles. The van der Waals surface area contributed by atoms with Gasteiger partial charge in [-0.25, -0.2) is 0 Å². The number of likely N-dealkylation sites (N-methyl/N-ethyl adjacent to an activating group) is 1. The van der Waals surface area contributed by atoms with Crippen LogP contribution in [0.1, 0.15) is 12.8 Å². The van der Waals surface area contributed by atoms with Crippen molar-refractivity contribution in [1.29, 1.82) is 0 Å². The average molecular weight is 216 g/mol. The van der Waals surface area contributed by atoms with Gasteiger partial charge in [0.15, 0.2) is 0 Å². The minimum absolute atomic E-state index is 0.727. The molecule has 3 saturated heterocycles. The third kappa shape index (κ3) is 1.71. The van der Waals surface area contributed by atoms with Gasteiger partial charge in [-0.2, -0.15) is 0 Å². The van der Waals surface area contributed by atoms with Crippen LogP contribution in [0.15, 0.2) is 30.3 Å². The molecule has 1 aromatic carbocycles. The average Bonchev–Trinajstić information content (AvgIpc) is 2.40. The lowest BCUT2D eigenvalue weighted by molar-refractivity contribution is 0.0874. The Bertz CT molecular complexity index is 341. The van der Waals surface area contributed by atoms with Crippen LogP contribution in [0.3, 0.4) is 0 Å². The molecule has 2 heteroatoms. The Kier molecular flexibility index (Phi) is 2.60. The van der Waals surface area contributed by atoms with E-state index in [1.54, 1.807) is 0 Å². The number of rotatable bonds is 2. The van der Waals surface area contributed by atoms with Crippen LogP contribution in [0.4, 0.5) is 5.69 Å². The monoisotopic (exact) mass is 216 g/mol. The first-order valence-corrected chi connectivity index (χ1v) is 6.35. The van der Waals surface area contributed by atoms with Crippen LogP contribution in [-0.2, 0) is 0 Å². The quantitative estimate of drug-likeness (QED) is 0.748. The molecule has 0 amide bonds. The van der Waals surface area contributed by atoms with E-state index >= 15 is 0 Å². The number of anilines is 1. The summed E-state index contributed by atoms with van der Waals surface area (Å²) in [6.45, 7) is 3.91. The van der Waals surface area contributed by atoms with Gasteiger partial charge in [0, 0.05) is 25.3 Å². The molecule has 0 aliphatic carbocycles. The van der Waals surface area contributed by atoms with Gasteiger partial charge in [-0.05, 0) is 44.0 Å². The summed E-state index contributed by atoms with van der Waals surface area (Å²) in [5, 5.41) is 0. The molecule has 86 valence electrons. The van der Waals surface area contributed by atoms with Gasteiger partial charge < -0.3 is 9.80 Å². The summed E-state index contributed by atoms with van der Waals surface area (Å²) in [5.74, 6) is 0.912. The molecule has 0 saturated carbocycles. The first-order valence-electron chi connectivity index (χ1n) is 6.35. The topological polar surface area (TPSA) is 6.48 Å². The fraction of sp³-hybridized carbons (Fsp3) is 0.571. The number of para-hydroxylation sites is 1. The van der Waals surface area contributed by atoms with E-state index in [4.69, 9.17) is 0 Å². The molecule has 0 N–H and O–H groups in total. The van der Waals surface area contributed by atoms with Gasteiger partial charge in [0.05, 0.1) is 0 Å². The second-order valence-electron chi connectivity index (χ2n) is 5.15. The highest BCUT2D eigenvalue weighted by atomic mass is 15.2. The standard InChI is InChI=1S/C14H20N2/c1-15(13-5-3-2-4-6-13)14-11-16-9-7-12(14)8-10-16/h2-6,12,14H,7-11H2,1H3/t14-/m1/s1. The van der Waals surface area contributed by atoms with Gasteiger partial charge in [0.2, 0.25) is 0 Å². The van der Waals surface area contributed by atoms with E-state index < -0.39 is 0 Å². The fourth-order valence-corrected chi connectivity index (χ4v) is 3.23. The van der Waals surface area contributed by atoms with Crippen molar-refractivity contribution < 1.29 is 0 Å². The molecule has 0 radical (unpaired) electrons.